The quantitative estimate of drug-likeness (QED) is 0.725. The Morgan fingerprint density at radius 3 is 2.59 bits per heavy atom. The number of hydrogen-bond donors (Lipinski definition) is 2. The molecule has 1 saturated heterocycles. The Balaban J connectivity index is 0.00000150. The predicted octanol–water partition coefficient (Wildman–Crippen LogP) is 2.36. The van der Waals surface area contributed by atoms with Crippen LogP contribution < -0.4 is 15.5 Å². The van der Waals surface area contributed by atoms with Gasteiger partial charge in [0.2, 0.25) is 5.91 Å². The number of aromatic nitrogens is 1. The van der Waals surface area contributed by atoms with Gasteiger partial charge >= 0.3 is 0 Å². The van der Waals surface area contributed by atoms with E-state index in [2.05, 4.69) is 49.7 Å². The van der Waals surface area contributed by atoms with Crippen LogP contribution in [0.5, 0.6) is 0 Å². The van der Waals surface area contributed by atoms with E-state index in [0.717, 1.165) is 51.6 Å². The van der Waals surface area contributed by atoms with Crippen LogP contribution in [0.15, 0.2) is 42.6 Å². The highest BCUT2D eigenvalue weighted by Crippen LogP contribution is 2.17. The van der Waals surface area contributed by atoms with Gasteiger partial charge in [-0.2, -0.15) is 0 Å². The van der Waals surface area contributed by atoms with Crippen molar-refractivity contribution < 1.29 is 4.79 Å². The average Bonchev–Trinajstić information content (AvgIpc) is 3.19. The smallest absolute Gasteiger partial charge is 0.221 e. The van der Waals surface area contributed by atoms with Gasteiger partial charge in [-0.3, -0.25) is 9.69 Å². The third kappa shape index (κ3) is 6.31. The lowest BCUT2D eigenvalue weighted by molar-refractivity contribution is -0.121. The molecule has 158 valence electrons. The van der Waals surface area contributed by atoms with Crippen molar-refractivity contribution in [2.24, 2.45) is 0 Å². The lowest BCUT2D eigenvalue weighted by atomic mass is 10.1. The van der Waals surface area contributed by atoms with Gasteiger partial charge in [-0.1, -0.05) is 24.3 Å². The van der Waals surface area contributed by atoms with Gasteiger partial charge in [0.05, 0.1) is 0 Å². The van der Waals surface area contributed by atoms with Gasteiger partial charge in [0.1, 0.15) is 5.82 Å². The molecule has 0 spiro atoms. The van der Waals surface area contributed by atoms with Gasteiger partial charge in [-0.05, 0) is 28.8 Å². The van der Waals surface area contributed by atoms with Crippen LogP contribution in [0, 0.1) is 0 Å². The lowest BCUT2D eigenvalue weighted by Gasteiger charge is -2.35. The van der Waals surface area contributed by atoms with Crippen molar-refractivity contribution in [1.82, 2.24) is 20.5 Å². The minimum atomic E-state index is 0. The lowest BCUT2D eigenvalue weighted by Crippen LogP contribution is -2.47. The fourth-order valence-corrected chi connectivity index (χ4v) is 3.75. The van der Waals surface area contributed by atoms with Crippen molar-refractivity contribution in [2.75, 3.05) is 37.6 Å². The standard InChI is InChI=1S/C21H27N5O.2ClH/c27-21(24-14-17-4-5-18-15-22-16-19(18)13-17)6-8-25-9-11-26(12-10-25)20-3-1-2-7-23-20;;/h1-5,7,13,22H,6,8-12,14-16H2,(H,24,27);2*1H. The molecule has 0 bridgehead atoms. The summed E-state index contributed by atoms with van der Waals surface area (Å²) in [4.78, 5) is 21.3. The number of nitrogens with zero attached hydrogens (tertiary/aromatic N) is 3. The van der Waals surface area contributed by atoms with E-state index in [4.69, 9.17) is 0 Å². The number of halogens is 2. The van der Waals surface area contributed by atoms with Crippen molar-refractivity contribution in [1.29, 1.82) is 0 Å². The van der Waals surface area contributed by atoms with Crippen LogP contribution in [0.25, 0.3) is 0 Å². The summed E-state index contributed by atoms with van der Waals surface area (Å²) in [5, 5.41) is 6.41. The number of anilines is 1. The molecular formula is C21H29Cl2N5O. The second-order valence-electron chi connectivity index (χ2n) is 7.25. The molecular weight excluding hydrogens is 409 g/mol. The third-order valence-corrected chi connectivity index (χ3v) is 5.39. The highest BCUT2D eigenvalue weighted by Gasteiger charge is 2.18. The number of carbonyl (C=O) groups excluding carboxylic acids is 1. The Bertz CT molecular complexity index is 782. The Hall–Kier alpha value is -1.86. The van der Waals surface area contributed by atoms with E-state index in [0.29, 0.717) is 13.0 Å². The molecule has 2 aromatic rings. The van der Waals surface area contributed by atoms with Crippen LogP contribution in [-0.2, 0) is 24.4 Å². The summed E-state index contributed by atoms with van der Waals surface area (Å²) in [5.41, 5.74) is 3.90. The average molecular weight is 438 g/mol. The molecule has 1 amide bonds. The van der Waals surface area contributed by atoms with E-state index in [1.54, 1.807) is 0 Å². The highest BCUT2D eigenvalue weighted by molar-refractivity contribution is 5.85. The topological polar surface area (TPSA) is 60.5 Å². The molecule has 0 atom stereocenters. The Kier molecular flexibility index (Phi) is 9.17. The molecule has 2 aliphatic heterocycles. The van der Waals surface area contributed by atoms with Gasteiger partial charge in [0.25, 0.3) is 0 Å². The molecule has 4 rings (SSSR count). The van der Waals surface area contributed by atoms with E-state index in [9.17, 15) is 4.79 Å². The van der Waals surface area contributed by atoms with Crippen molar-refractivity contribution >= 4 is 36.5 Å². The first kappa shape index (κ1) is 23.4. The molecule has 0 radical (unpaired) electrons. The first-order valence-corrected chi connectivity index (χ1v) is 9.74. The zero-order valence-electron chi connectivity index (χ0n) is 16.5. The number of rotatable bonds is 6. The molecule has 1 aromatic heterocycles. The van der Waals surface area contributed by atoms with Crippen LogP contribution in [0.3, 0.4) is 0 Å². The molecule has 2 N–H and O–H groups in total. The number of carbonyl (C=O) groups is 1. The minimum Gasteiger partial charge on any atom is -0.354 e. The molecule has 0 unspecified atom stereocenters. The van der Waals surface area contributed by atoms with Crippen molar-refractivity contribution in [3.8, 4) is 0 Å². The molecule has 8 heteroatoms. The van der Waals surface area contributed by atoms with E-state index >= 15 is 0 Å². The normalized spacial score (nSPS) is 15.8. The van der Waals surface area contributed by atoms with Gasteiger partial charge in [0, 0.05) is 65.0 Å². The van der Waals surface area contributed by atoms with E-state index in [1.807, 2.05) is 18.3 Å². The first-order valence-electron chi connectivity index (χ1n) is 9.74. The number of piperazine rings is 1. The summed E-state index contributed by atoms with van der Waals surface area (Å²) >= 11 is 0. The predicted molar refractivity (Wildman–Crippen MR) is 121 cm³/mol. The monoisotopic (exact) mass is 437 g/mol. The fourth-order valence-electron chi connectivity index (χ4n) is 3.75. The highest BCUT2D eigenvalue weighted by atomic mass is 35.5. The maximum atomic E-state index is 12.2. The minimum absolute atomic E-state index is 0. The molecule has 1 fully saturated rings. The summed E-state index contributed by atoms with van der Waals surface area (Å²) in [5.74, 6) is 1.17. The summed E-state index contributed by atoms with van der Waals surface area (Å²) < 4.78 is 0. The zero-order valence-corrected chi connectivity index (χ0v) is 18.1. The number of pyridine rings is 1. The molecule has 3 heterocycles. The summed E-state index contributed by atoms with van der Waals surface area (Å²) in [6.45, 7) is 7.18. The van der Waals surface area contributed by atoms with Crippen molar-refractivity contribution in [3.63, 3.8) is 0 Å². The zero-order chi connectivity index (χ0) is 18.5. The van der Waals surface area contributed by atoms with Crippen molar-refractivity contribution in [3.05, 3.63) is 59.3 Å². The SMILES string of the molecule is Cl.Cl.O=C(CCN1CCN(c2ccccn2)CC1)NCc1ccc2c(c1)CNC2. The summed E-state index contributed by atoms with van der Waals surface area (Å²) in [6, 6.07) is 12.5. The van der Waals surface area contributed by atoms with Crippen molar-refractivity contribution in [2.45, 2.75) is 26.1 Å². The number of amides is 1. The molecule has 2 aliphatic rings. The molecule has 0 aliphatic carbocycles. The van der Waals surface area contributed by atoms with E-state index in [-0.39, 0.29) is 30.7 Å². The van der Waals surface area contributed by atoms with Gasteiger partial charge in [-0.25, -0.2) is 4.98 Å². The fraction of sp³-hybridized carbons (Fsp3) is 0.429. The molecule has 1 aromatic carbocycles. The van der Waals surface area contributed by atoms with Crippen LogP contribution in [0.1, 0.15) is 23.1 Å². The number of fused-ring (bicyclic) bond motifs is 1. The number of benzene rings is 1. The van der Waals surface area contributed by atoms with Crippen LogP contribution >= 0.6 is 24.8 Å². The Labute approximate surface area is 184 Å². The summed E-state index contributed by atoms with van der Waals surface area (Å²) in [7, 11) is 0. The Morgan fingerprint density at radius 1 is 1.03 bits per heavy atom. The van der Waals surface area contributed by atoms with E-state index < -0.39 is 0 Å². The second-order valence-corrected chi connectivity index (χ2v) is 7.25. The molecule has 0 saturated carbocycles. The second kappa shape index (κ2) is 11.4. The maximum absolute atomic E-state index is 12.2. The van der Waals surface area contributed by atoms with Gasteiger partial charge < -0.3 is 15.5 Å². The van der Waals surface area contributed by atoms with Crippen LogP contribution in [0.2, 0.25) is 0 Å². The van der Waals surface area contributed by atoms with Crippen LogP contribution in [0.4, 0.5) is 5.82 Å². The summed E-state index contributed by atoms with van der Waals surface area (Å²) in [6.07, 6.45) is 2.39. The van der Waals surface area contributed by atoms with Crippen LogP contribution in [-0.4, -0.2) is 48.5 Å². The Morgan fingerprint density at radius 2 is 1.83 bits per heavy atom. The third-order valence-electron chi connectivity index (χ3n) is 5.39. The first-order chi connectivity index (χ1) is 13.3. The largest absolute Gasteiger partial charge is 0.354 e. The number of hydrogen-bond acceptors (Lipinski definition) is 5. The molecule has 29 heavy (non-hydrogen) atoms. The van der Waals surface area contributed by atoms with E-state index in [1.165, 1.54) is 16.7 Å². The van der Waals surface area contributed by atoms with Gasteiger partial charge in [0.15, 0.2) is 0 Å². The number of nitrogens with one attached hydrogen (secondary N) is 2. The maximum Gasteiger partial charge on any atom is 0.221 e. The van der Waals surface area contributed by atoms with Gasteiger partial charge in [-0.15, -0.1) is 24.8 Å². The molecule has 6 nitrogen and oxygen atoms in total.